The van der Waals surface area contributed by atoms with Crippen LogP contribution in [0.1, 0.15) is 32.3 Å². The molecule has 0 aromatic heterocycles. The molecule has 0 amide bonds. The van der Waals surface area contributed by atoms with Gasteiger partial charge >= 0.3 is 179 Å². The summed E-state index contributed by atoms with van der Waals surface area (Å²) in [5.41, 5.74) is 4.68. The SMILES string of the molecule is Fc1ccccc1[C](c1ccccc1)=[Hf+2]([C]1=CC=CC1)[CH]1C=Cc2ccccc21.[Cl-].[Cl-]. The van der Waals surface area contributed by atoms with E-state index in [1.807, 2.05) is 18.2 Å². The van der Waals surface area contributed by atoms with Gasteiger partial charge in [-0.2, -0.15) is 0 Å². The molecule has 0 heterocycles. The van der Waals surface area contributed by atoms with Gasteiger partial charge in [0.2, 0.25) is 0 Å². The van der Waals surface area contributed by atoms with Crippen molar-refractivity contribution in [1.82, 2.24) is 0 Å². The van der Waals surface area contributed by atoms with Crippen molar-refractivity contribution >= 4 is 9.33 Å². The predicted octanol–water partition coefficient (Wildman–Crippen LogP) is 0.633. The first-order valence-electron chi connectivity index (χ1n) is 10.0. The van der Waals surface area contributed by atoms with E-state index in [0.29, 0.717) is 3.67 Å². The molecule has 5 rings (SSSR count). The van der Waals surface area contributed by atoms with Crippen LogP contribution in [-0.2, 0) is 21.0 Å². The van der Waals surface area contributed by atoms with Gasteiger partial charge in [-0.3, -0.25) is 0 Å². The Morgan fingerprint density at radius 1 is 0.839 bits per heavy atom. The minimum atomic E-state index is -2.77. The summed E-state index contributed by atoms with van der Waals surface area (Å²) in [6.45, 7) is 0. The van der Waals surface area contributed by atoms with E-state index >= 15 is 4.39 Å². The Labute approximate surface area is 203 Å². The Kier molecular flexibility index (Phi) is 8.16. The molecule has 0 spiro atoms. The van der Waals surface area contributed by atoms with Crippen LogP contribution in [0.3, 0.4) is 0 Å². The van der Waals surface area contributed by atoms with Crippen molar-refractivity contribution in [1.29, 1.82) is 0 Å². The molecule has 3 aromatic rings. The van der Waals surface area contributed by atoms with Crippen LogP contribution in [0.5, 0.6) is 0 Å². The normalized spacial score (nSPS) is 16.1. The monoisotopic (exact) mass is 614 g/mol. The van der Waals surface area contributed by atoms with E-state index in [0.717, 1.165) is 12.0 Å². The van der Waals surface area contributed by atoms with E-state index in [1.54, 1.807) is 15.5 Å². The Morgan fingerprint density at radius 3 is 2.29 bits per heavy atom. The van der Waals surface area contributed by atoms with Gasteiger partial charge in [-0.1, -0.05) is 0 Å². The molecule has 31 heavy (non-hydrogen) atoms. The fourth-order valence-electron chi connectivity index (χ4n) is 4.39. The van der Waals surface area contributed by atoms with Crippen molar-refractivity contribution in [3.05, 3.63) is 135 Å². The van der Waals surface area contributed by atoms with Crippen molar-refractivity contribution in [2.75, 3.05) is 0 Å². The number of rotatable bonds is 4. The van der Waals surface area contributed by atoms with Gasteiger partial charge in [0.1, 0.15) is 0 Å². The predicted molar refractivity (Wildman–Crippen MR) is 116 cm³/mol. The van der Waals surface area contributed by atoms with Gasteiger partial charge in [-0.15, -0.1) is 0 Å². The molecule has 4 heteroatoms. The van der Waals surface area contributed by atoms with Gasteiger partial charge in [0.15, 0.2) is 0 Å². The van der Waals surface area contributed by atoms with E-state index in [9.17, 15) is 0 Å². The summed E-state index contributed by atoms with van der Waals surface area (Å²) in [6, 6.07) is 26.5. The number of allylic oxidation sites excluding steroid dienone is 5. The Hall–Kier alpha value is -1.87. The maximum absolute atomic E-state index is 15.1. The molecule has 0 saturated heterocycles. The van der Waals surface area contributed by atoms with Crippen molar-refractivity contribution in [3.63, 3.8) is 0 Å². The van der Waals surface area contributed by atoms with Crippen LogP contribution in [-0.4, -0.2) is 3.26 Å². The Balaban J connectivity index is 0.00000136. The minimum Gasteiger partial charge on any atom is -1.00 e. The van der Waals surface area contributed by atoms with Crippen LogP contribution < -0.4 is 24.8 Å². The molecule has 3 aromatic carbocycles. The first-order valence-corrected chi connectivity index (χ1v) is 15.7. The first-order chi connectivity index (χ1) is 14.3. The van der Waals surface area contributed by atoms with Gasteiger partial charge in [-0.25, -0.2) is 0 Å². The molecule has 154 valence electrons. The molecule has 0 N–H and O–H groups in total. The summed E-state index contributed by atoms with van der Waals surface area (Å²) in [6.07, 6.45) is 12.4. The van der Waals surface area contributed by atoms with Crippen molar-refractivity contribution < 1.29 is 50.2 Å². The van der Waals surface area contributed by atoms with Gasteiger partial charge < -0.3 is 24.8 Å². The van der Waals surface area contributed by atoms with E-state index < -0.39 is 21.0 Å². The van der Waals surface area contributed by atoms with Crippen LogP contribution >= 0.6 is 0 Å². The van der Waals surface area contributed by atoms with Crippen molar-refractivity contribution in [3.8, 4) is 0 Å². The quantitative estimate of drug-likeness (QED) is 0.379. The molecule has 2 aliphatic rings. The third-order valence-corrected chi connectivity index (χ3v) is 17.5. The fraction of sp³-hybridized carbons (Fsp3) is 0.0741. The van der Waals surface area contributed by atoms with Crippen molar-refractivity contribution in [2.24, 2.45) is 0 Å². The average molecular weight is 614 g/mol. The van der Waals surface area contributed by atoms with Crippen LogP contribution in [0.15, 0.2) is 106 Å². The van der Waals surface area contributed by atoms with Gasteiger partial charge in [0, 0.05) is 0 Å². The maximum atomic E-state index is 15.1. The minimum absolute atomic E-state index is 0. The molecule has 0 radical (unpaired) electrons. The molecule has 1 atom stereocenters. The number of hydrogen-bond donors (Lipinski definition) is 0. The molecule has 0 nitrogen and oxygen atoms in total. The first kappa shape index (κ1) is 23.8. The molecule has 0 fully saturated rings. The van der Waals surface area contributed by atoms with E-state index in [2.05, 4.69) is 78.9 Å². The van der Waals surface area contributed by atoms with Crippen LogP contribution in [0.2, 0.25) is 0 Å². The van der Waals surface area contributed by atoms with Gasteiger partial charge in [-0.05, 0) is 0 Å². The molecule has 0 bridgehead atoms. The second kappa shape index (κ2) is 10.6. The molecular weight excluding hydrogens is 593 g/mol. The standard InChI is InChI=1S/C13H9F.C9H7.C5H5.2ClH.Hf/c14-13-9-5-4-8-12(13)10-11-6-2-1-3-7-11;1-2-5-9-7-3-6-8(9)4-1;1-2-4-5-3-1;;;/h1-9H;1-7H;1-3H,4H2;2*1H;/q;;;;;+2/p-2. The van der Waals surface area contributed by atoms with Crippen LogP contribution in [0.4, 0.5) is 4.39 Å². The van der Waals surface area contributed by atoms with E-state index in [1.165, 1.54) is 19.9 Å². The molecule has 0 aliphatic heterocycles. The second-order valence-electron chi connectivity index (χ2n) is 7.42. The summed E-state index contributed by atoms with van der Waals surface area (Å²) >= 11 is -2.77. The third-order valence-electron chi connectivity index (χ3n) is 5.70. The van der Waals surface area contributed by atoms with Crippen LogP contribution in [0.25, 0.3) is 6.08 Å². The number of hydrogen-bond acceptors (Lipinski definition) is 0. The van der Waals surface area contributed by atoms with Gasteiger partial charge in [0.05, 0.1) is 0 Å². The fourth-order valence-corrected chi connectivity index (χ4v) is 16.9. The smallest absolute Gasteiger partial charge is 1.00 e. The Bertz CT molecular complexity index is 1190. The summed E-state index contributed by atoms with van der Waals surface area (Å²) in [5, 5.41) is 0. The third kappa shape index (κ3) is 4.67. The van der Waals surface area contributed by atoms with E-state index in [-0.39, 0.29) is 30.6 Å². The molecule has 1 unspecified atom stereocenters. The van der Waals surface area contributed by atoms with Crippen LogP contribution in [0, 0.1) is 5.82 Å². The number of halogens is 3. The largest absolute Gasteiger partial charge is 1.00 e. The number of fused-ring (bicyclic) bond motifs is 1. The van der Waals surface area contributed by atoms with Gasteiger partial charge in [0.25, 0.3) is 0 Å². The summed E-state index contributed by atoms with van der Waals surface area (Å²) in [4.78, 5) is 0. The van der Waals surface area contributed by atoms with E-state index in [4.69, 9.17) is 0 Å². The number of benzene rings is 3. The Morgan fingerprint density at radius 2 is 1.55 bits per heavy atom. The zero-order valence-corrected chi connectivity index (χ0v) is 21.9. The topological polar surface area (TPSA) is 0 Å². The maximum Gasteiger partial charge on any atom is -1.00 e. The average Bonchev–Trinajstić information content (AvgIpc) is 3.44. The summed E-state index contributed by atoms with van der Waals surface area (Å²) in [5.74, 6) is -0.115. The zero-order valence-electron chi connectivity index (χ0n) is 16.8. The molecular formula is C27H21Cl2FHf. The summed E-state index contributed by atoms with van der Waals surface area (Å²) < 4.78 is 18.3. The summed E-state index contributed by atoms with van der Waals surface area (Å²) in [7, 11) is 0. The zero-order chi connectivity index (χ0) is 19.6. The molecule has 0 saturated carbocycles. The second-order valence-corrected chi connectivity index (χ2v) is 16.7. The molecule has 2 aliphatic carbocycles. The van der Waals surface area contributed by atoms with Crippen molar-refractivity contribution in [2.45, 2.75) is 10.1 Å².